The Bertz CT molecular complexity index is 365. The predicted octanol–water partition coefficient (Wildman–Crippen LogP) is 1.89. The number of rotatable bonds is 1. The molecule has 0 saturated carbocycles. The Morgan fingerprint density at radius 1 is 1.40 bits per heavy atom. The summed E-state index contributed by atoms with van der Waals surface area (Å²) in [4.78, 5) is 24.7. The van der Waals surface area contributed by atoms with Gasteiger partial charge in [-0.15, -0.1) is 11.8 Å². The lowest BCUT2D eigenvalue weighted by Gasteiger charge is -2.02. The smallest absolute Gasteiger partial charge is 0.371 e. The average Bonchev–Trinajstić information content (AvgIpc) is 2.76. The van der Waals surface area contributed by atoms with Crippen molar-refractivity contribution in [3.63, 3.8) is 0 Å². The molecule has 0 aromatic carbocycles. The van der Waals surface area contributed by atoms with Crippen LogP contribution in [0, 0.1) is 0 Å². The van der Waals surface area contributed by atoms with Crippen molar-refractivity contribution in [1.29, 1.82) is 0 Å². The number of cyclic esters (lactones) is 2. The molecule has 0 aromatic heterocycles. The van der Waals surface area contributed by atoms with Gasteiger partial charge in [-0.1, -0.05) is 6.08 Å². The Balaban J connectivity index is 2.15. The number of ether oxygens (including phenoxy) is 1. The molecule has 5 heteroatoms. The van der Waals surface area contributed by atoms with E-state index in [0.717, 1.165) is 12.2 Å². The van der Waals surface area contributed by atoms with Gasteiger partial charge in [-0.05, 0) is 29.6 Å². The summed E-state index contributed by atoms with van der Waals surface area (Å²) in [6.07, 6.45) is 5.17. The summed E-state index contributed by atoms with van der Waals surface area (Å²) in [5.74, 6) is 0.566. The van der Waals surface area contributed by atoms with E-state index in [1.165, 1.54) is 23.3 Å². The maximum atomic E-state index is 11.2. The summed E-state index contributed by atoms with van der Waals surface area (Å²) in [6.45, 7) is 0. The van der Waals surface area contributed by atoms with Gasteiger partial charge in [0.05, 0.1) is 0 Å². The van der Waals surface area contributed by atoms with Crippen LogP contribution >= 0.6 is 11.8 Å². The highest BCUT2D eigenvalue weighted by atomic mass is 32.2. The van der Waals surface area contributed by atoms with E-state index in [2.05, 4.69) is 4.74 Å². The van der Waals surface area contributed by atoms with Crippen molar-refractivity contribution in [2.75, 3.05) is 12.8 Å². The van der Waals surface area contributed by atoms with Gasteiger partial charge in [0.2, 0.25) is 0 Å². The fraction of sp³-hybridized carbons (Fsp3) is 0.400. The van der Waals surface area contributed by atoms with E-state index in [9.17, 15) is 9.59 Å². The molecule has 15 heavy (non-hydrogen) atoms. The quantitative estimate of drug-likeness (QED) is 0.388. The monoisotopic (exact) mass is 225 g/mol. The first kappa shape index (κ1) is 10.3. The van der Waals surface area contributed by atoms with Crippen LogP contribution in [-0.2, 0) is 9.53 Å². The third-order valence-corrected chi connectivity index (χ3v) is 3.51. The average molecular weight is 225 g/mol. The lowest BCUT2D eigenvalue weighted by atomic mass is 10.3. The summed E-state index contributed by atoms with van der Waals surface area (Å²) < 4.78 is 4.45. The zero-order valence-electron chi connectivity index (χ0n) is 8.36. The number of carbonyl (C=O) groups is 2. The first-order chi connectivity index (χ1) is 7.18. The highest BCUT2D eigenvalue weighted by Crippen LogP contribution is 2.30. The van der Waals surface area contributed by atoms with Crippen LogP contribution in [-0.4, -0.2) is 29.8 Å². The van der Waals surface area contributed by atoms with Crippen LogP contribution in [0.5, 0.6) is 0 Å². The zero-order valence-corrected chi connectivity index (χ0v) is 9.17. The Hall–Kier alpha value is -1.23. The van der Waals surface area contributed by atoms with Gasteiger partial charge in [-0.25, -0.2) is 9.59 Å². The fourth-order valence-corrected chi connectivity index (χ4v) is 2.44. The van der Waals surface area contributed by atoms with Gasteiger partial charge < -0.3 is 4.74 Å². The van der Waals surface area contributed by atoms with Gasteiger partial charge in [0.25, 0.3) is 0 Å². The van der Waals surface area contributed by atoms with E-state index >= 15 is 0 Å². The normalized spacial score (nSPS) is 26.9. The molecule has 2 aliphatic rings. The van der Waals surface area contributed by atoms with E-state index in [-0.39, 0.29) is 0 Å². The van der Waals surface area contributed by atoms with Crippen LogP contribution in [0.4, 0.5) is 4.79 Å². The lowest BCUT2D eigenvalue weighted by Crippen LogP contribution is -2.16. The van der Waals surface area contributed by atoms with Gasteiger partial charge in [0.1, 0.15) is 5.70 Å². The van der Waals surface area contributed by atoms with E-state index < -0.39 is 12.1 Å². The topological polar surface area (TPSA) is 46.6 Å². The predicted molar refractivity (Wildman–Crippen MR) is 57.1 cm³/mol. The van der Waals surface area contributed by atoms with Crippen molar-refractivity contribution in [2.45, 2.75) is 12.8 Å². The van der Waals surface area contributed by atoms with E-state index in [1.54, 1.807) is 17.8 Å². The van der Waals surface area contributed by atoms with Crippen LogP contribution in [0.15, 0.2) is 22.8 Å². The highest BCUT2D eigenvalue weighted by molar-refractivity contribution is 8.03. The molecule has 2 fully saturated rings. The first-order valence-corrected chi connectivity index (χ1v) is 5.70. The van der Waals surface area contributed by atoms with E-state index in [1.807, 2.05) is 6.08 Å². The van der Waals surface area contributed by atoms with E-state index in [0.29, 0.717) is 5.70 Å². The number of nitrogens with zero attached hydrogens (tertiary/aromatic N) is 1. The summed E-state index contributed by atoms with van der Waals surface area (Å²) in [5, 5.41) is 0. The van der Waals surface area contributed by atoms with Gasteiger partial charge in [-0.2, -0.15) is 0 Å². The molecule has 80 valence electrons. The molecule has 0 aromatic rings. The molecule has 1 amide bonds. The number of esters is 1. The molecule has 2 heterocycles. The molecule has 0 radical (unpaired) electrons. The Kier molecular flexibility index (Phi) is 2.81. The molecule has 4 nitrogen and oxygen atoms in total. The van der Waals surface area contributed by atoms with Crippen molar-refractivity contribution in [1.82, 2.24) is 4.90 Å². The molecule has 2 saturated heterocycles. The van der Waals surface area contributed by atoms with E-state index in [4.69, 9.17) is 0 Å². The number of thioether (sulfide) groups is 1. The second-order valence-corrected chi connectivity index (χ2v) is 4.57. The number of carbonyl (C=O) groups excluding carboxylic acids is 2. The molecule has 0 spiro atoms. The molecule has 0 aliphatic carbocycles. The molecule has 2 aliphatic heterocycles. The highest BCUT2D eigenvalue weighted by Gasteiger charge is 2.32. The van der Waals surface area contributed by atoms with Gasteiger partial charge in [-0.3, -0.25) is 4.90 Å². The molecular weight excluding hydrogens is 214 g/mol. The van der Waals surface area contributed by atoms with Crippen LogP contribution in [0.2, 0.25) is 0 Å². The summed E-state index contributed by atoms with van der Waals surface area (Å²) in [5.41, 5.74) is 0.306. The van der Waals surface area contributed by atoms with Gasteiger partial charge >= 0.3 is 12.1 Å². The maximum absolute atomic E-state index is 11.2. The second kappa shape index (κ2) is 4.10. The summed E-state index contributed by atoms with van der Waals surface area (Å²) >= 11 is 1.79. The largest absolute Gasteiger partial charge is 0.422 e. The minimum absolute atomic E-state index is 0.306. The second-order valence-electron chi connectivity index (χ2n) is 3.35. The number of hydrogen-bond acceptors (Lipinski definition) is 4. The van der Waals surface area contributed by atoms with Crippen molar-refractivity contribution >= 4 is 23.8 Å². The van der Waals surface area contributed by atoms with Crippen LogP contribution in [0.25, 0.3) is 0 Å². The Labute approximate surface area is 92.0 Å². The van der Waals surface area contributed by atoms with Crippen LogP contribution in [0.1, 0.15) is 12.8 Å². The van der Waals surface area contributed by atoms with Crippen molar-refractivity contribution in [3.05, 3.63) is 22.8 Å². The van der Waals surface area contributed by atoms with Gasteiger partial charge in [0.15, 0.2) is 0 Å². The summed E-state index contributed by atoms with van der Waals surface area (Å²) in [7, 11) is 1.53. The summed E-state index contributed by atoms with van der Waals surface area (Å²) in [6, 6.07) is 0. The zero-order chi connectivity index (χ0) is 10.8. The number of amides is 1. The van der Waals surface area contributed by atoms with Crippen LogP contribution < -0.4 is 0 Å². The standard InChI is InChI=1S/C10H11NO3S/c1-11-8(9(12)14-10(11)13)5-4-7-3-2-6-15-7/h4-5H,2-3,6H2,1H3/b7-4-,8-5+. The van der Waals surface area contributed by atoms with Crippen molar-refractivity contribution in [2.24, 2.45) is 0 Å². The molecule has 0 unspecified atom stereocenters. The first-order valence-electron chi connectivity index (χ1n) is 4.72. The number of hydrogen-bond donors (Lipinski definition) is 0. The lowest BCUT2D eigenvalue weighted by molar-refractivity contribution is -0.130. The Morgan fingerprint density at radius 2 is 2.20 bits per heavy atom. The molecule has 2 rings (SSSR count). The van der Waals surface area contributed by atoms with Crippen LogP contribution in [0.3, 0.4) is 0 Å². The van der Waals surface area contributed by atoms with Crippen molar-refractivity contribution in [3.8, 4) is 0 Å². The number of likely N-dealkylation sites (N-methyl/N-ethyl adjacent to an activating group) is 1. The molecular formula is C10H11NO3S. The minimum atomic E-state index is -0.608. The number of allylic oxidation sites excluding steroid dienone is 3. The molecule has 0 N–H and O–H groups in total. The minimum Gasteiger partial charge on any atom is -0.371 e. The maximum Gasteiger partial charge on any atom is 0.422 e. The van der Waals surface area contributed by atoms with Gasteiger partial charge in [0, 0.05) is 7.05 Å². The SMILES string of the molecule is CN1C(=O)OC(=O)/C1=C\C=C1\CCCS1. The molecule has 0 atom stereocenters. The fourth-order valence-electron chi connectivity index (χ4n) is 1.44. The molecule has 0 bridgehead atoms. The Morgan fingerprint density at radius 3 is 2.73 bits per heavy atom. The van der Waals surface area contributed by atoms with Crippen molar-refractivity contribution < 1.29 is 14.3 Å². The third kappa shape index (κ3) is 2.07. The third-order valence-electron chi connectivity index (χ3n) is 2.31.